The lowest BCUT2D eigenvalue weighted by Gasteiger charge is -2.40. The van der Waals surface area contributed by atoms with Crippen LogP contribution >= 0.6 is 11.1 Å². The van der Waals surface area contributed by atoms with E-state index in [0.717, 1.165) is 12.2 Å². The maximum absolute atomic E-state index is 11.8. The Kier molecular flexibility index (Phi) is 6.14. The standard InChI is InChI=1S/C16H19ClO4Si/c1-5-14(18)20-12-16(22(3,4)17,21-15(19)6-2)13-10-8-7-9-11-13/h5-11H,1-2,12H2,3-4H3. The van der Waals surface area contributed by atoms with Gasteiger partial charge in [-0.2, -0.15) is 11.1 Å². The van der Waals surface area contributed by atoms with Gasteiger partial charge in [-0.3, -0.25) is 0 Å². The van der Waals surface area contributed by atoms with Crippen LogP contribution in [0.1, 0.15) is 5.56 Å². The van der Waals surface area contributed by atoms with Crippen LogP contribution in [0.2, 0.25) is 13.1 Å². The fourth-order valence-electron chi connectivity index (χ4n) is 1.96. The molecule has 1 aromatic carbocycles. The number of hydrogen-bond donors (Lipinski definition) is 0. The number of hydrogen-bond acceptors (Lipinski definition) is 4. The largest absolute Gasteiger partial charge is 0.458 e. The van der Waals surface area contributed by atoms with Crippen LogP contribution in [0.15, 0.2) is 55.6 Å². The van der Waals surface area contributed by atoms with Crippen LogP contribution in [0.4, 0.5) is 0 Å². The molecule has 0 amide bonds. The van der Waals surface area contributed by atoms with Crippen LogP contribution in [0.3, 0.4) is 0 Å². The number of esters is 2. The van der Waals surface area contributed by atoms with Gasteiger partial charge in [0.15, 0.2) is 5.22 Å². The van der Waals surface area contributed by atoms with Gasteiger partial charge >= 0.3 is 11.9 Å². The maximum atomic E-state index is 11.8. The molecule has 0 aliphatic carbocycles. The van der Waals surface area contributed by atoms with Gasteiger partial charge in [0.2, 0.25) is 7.38 Å². The lowest BCUT2D eigenvalue weighted by molar-refractivity contribution is -0.158. The first kappa shape index (κ1) is 18.2. The first-order valence-corrected chi connectivity index (χ1v) is 10.7. The second-order valence-corrected chi connectivity index (χ2v) is 11.7. The lowest BCUT2D eigenvalue weighted by Crippen LogP contribution is -2.54. The molecular weight excluding hydrogens is 320 g/mol. The fourth-order valence-corrected chi connectivity index (χ4v) is 4.18. The third-order valence-electron chi connectivity index (χ3n) is 3.23. The summed E-state index contributed by atoms with van der Waals surface area (Å²) in [7, 11) is -2.67. The molecule has 0 N–H and O–H groups in total. The van der Waals surface area contributed by atoms with Gasteiger partial charge in [-0.15, -0.1) is 0 Å². The number of ether oxygens (including phenoxy) is 2. The Morgan fingerprint density at radius 3 is 2.18 bits per heavy atom. The normalized spacial score (nSPS) is 13.6. The topological polar surface area (TPSA) is 52.6 Å². The van der Waals surface area contributed by atoms with Gasteiger partial charge in [0.25, 0.3) is 0 Å². The third-order valence-corrected chi connectivity index (χ3v) is 6.60. The van der Waals surface area contributed by atoms with Crippen molar-refractivity contribution in [1.29, 1.82) is 0 Å². The van der Waals surface area contributed by atoms with Crippen molar-refractivity contribution in [3.05, 3.63) is 61.2 Å². The summed E-state index contributed by atoms with van der Waals surface area (Å²) in [5, 5.41) is -1.22. The number of carbonyl (C=O) groups is 2. The van der Waals surface area contributed by atoms with Gasteiger partial charge in [-0.05, 0) is 5.56 Å². The van der Waals surface area contributed by atoms with Crippen molar-refractivity contribution >= 4 is 30.4 Å². The highest BCUT2D eigenvalue weighted by atomic mass is 35.6. The first-order chi connectivity index (χ1) is 10.3. The first-order valence-electron chi connectivity index (χ1n) is 6.66. The average molecular weight is 339 g/mol. The van der Waals surface area contributed by atoms with Crippen LogP contribution in [-0.4, -0.2) is 25.9 Å². The molecule has 1 unspecified atom stereocenters. The zero-order chi connectivity index (χ0) is 16.8. The number of carbonyl (C=O) groups excluding carboxylic acids is 2. The molecule has 118 valence electrons. The van der Waals surface area contributed by atoms with E-state index in [-0.39, 0.29) is 6.61 Å². The van der Waals surface area contributed by atoms with E-state index in [0.29, 0.717) is 5.56 Å². The Morgan fingerprint density at radius 1 is 1.18 bits per heavy atom. The van der Waals surface area contributed by atoms with Crippen LogP contribution < -0.4 is 0 Å². The Morgan fingerprint density at radius 2 is 1.73 bits per heavy atom. The molecule has 0 saturated carbocycles. The van der Waals surface area contributed by atoms with Crippen molar-refractivity contribution in [2.24, 2.45) is 0 Å². The van der Waals surface area contributed by atoms with Gasteiger partial charge < -0.3 is 9.47 Å². The van der Waals surface area contributed by atoms with Gasteiger partial charge in [0.1, 0.15) is 6.61 Å². The van der Waals surface area contributed by atoms with E-state index in [4.69, 9.17) is 20.6 Å². The second-order valence-electron chi connectivity index (χ2n) is 5.10. The Labute approximate surface area is 136 Å². The SMILES string of the molecule is C=CC(=O)OCC(OC(=O)C=C)(c1ccccc1)[Si](C)(C)Cl. The van der Waals surface area contributed by atoms with Crippen molar-refractivity contribution in [3.63, 3.8) is 0 Å². The van der Waals surface area contributed by atoms with E-state index < -0.39 is 24.5 Å². The molecule has 0 bridgehead atoms. The fraction of sp³-hybridized carbons (Fsp3) is 0.250. The van der Waals surface area contributed by atoms with E-state index in [1.165, 1.54) is 0 Å². The van der Waals surface area contributed by atoms with Crippen LogP contribution in [-0.2, 0) is 24.3 Å². The summed E-state index contributed by atoms with van der Waals surface area (Å²) < 4.78 is 10.8. The van der Waals surface area contributed by atoms with Crippen LogP contribution in [0, 0.1) is 0 Å². The summed E-state index contributed by atoms with van der Waals surface area (Å²) in [5.41, 5.74) is 0.675. The number of rotatable bonds is 7. The van der Waals surface area contributed by atoms with Crippen molar-refractivity contribution < 1.29 is 19.1 Å². The van der Waals surface area contributed by atoms with E-state index in [1.54, 1.807) is 24.3 Å². The Balaban J connectivity index is 3.36. The Hall–Kier alpha value is -1.85. The second kappa shape index (κ2) is 7.42. The molecule has 0 fully saturated rings. The lowest BCUT2D eigenvalue weighted by atomic mass is 10.1. The summed E-state index contributed by atoms with van der Waals surface area (Å²) in [6.45, 7) is 10.2. The minimum absolute atomic E-state index is 0.176. The monoisotopic (exact) mass is 338 g/mol. The number of benzene rings is 1. The molecule has 4 nitrogen and oxygen atoms in total. The predicted octanol–water partition coefficient (Wildman–Crippen LogP) is 3.32. The zero-order valence-electron chi connectivity index (χ0n) is 12.7. The minimum atomic E-state index is -2.67. The van der Waals surface area contributed by atoms with Crippen molar-refractivity contribution in [2.45, 2.75) is 18.3 Å². The van der Waals surface area contributed by atoms with Gasteiger partial charge in [0.05, 0.1) is 0 Å². The average Bonchev–Trinajstić information content (AvgIpc) is 2.50. The highest BCUT2D eigenvalue weighted by Crippen LogP contribution is 2.39. The molecule has 0 heterocycles. The molecule has 0 aliphatic rings. The van der Waals surface area contributed by atoms with Gasteiger partial charge in [-0.25, -0.2) is 9.59 Å². The Bertz CT molecular complexity index is 565. The molecule has 0 saturated heterocycles. The predicted molar refractivity (Wildman–Crippen MR) is 88.9 cm³/mol. The van der Waals surface area contributed by atoms with Crippen molar-refractivity contribution in [2.75, 3.05) is 6.61 Å². The summed E-state index contributed by atoms with van der Waals surface area (Å²) >= 11 is 6.63. The highest BCUT2D eigenvalue weighted by molar-refractivity contribution is 7.20. The summed E-state index contributed by atoms with van der Waals surface area (Å²) in [6, 6.07) is 9.02. The molecule has 1 atom stereocenters. The van der Waals surface area contributed by atoms with Crippen LogP contribution in [0.25, 0.3) is 0 Å². The molecule has 1 rings (SSSR count). The maximum Gasteiger partial charge on any atom is 0.330 e. The van der Waals surface area contributed by atoms with Crippen molar-refractivity contribution in [1.82, 2.24) is 0 Å². The summed E-state index contributed by atoms with van der Waals surface area (Å²) in [6.07, 6.45) is 2.11. The van der Waals surface area contributed by atoms with Crippen molar-refractivity contribution in [3.8, 4) is 0 Å². The summed E-state index contributed by atoms with van der Waals surface area (Å²) in [4.78, 5) is 23.3. The molecule has 0 aromatic heterocycles. The molecule has 22 heavy (non-hydrogen) atoms. The third kappa shape index (κ3) is 4.08. The van der Waals surface area contributed by atoms with Gasteiger partial charge in [0, 0.05) is 12.2 Å². The zero-order valence-corrected chi connectivity index (χ0v) is 14.4. The molecule has 6 heteroatoms. The summed E-state index contributed by atoms with van der Waals surface area (Å²) in [5.74, 6) is -1.23. The smallest absolute Gasteiger partial charge is 0.330 e. The van der Waals surface area contributed by atoms with Crippen LogP contribution in [0.5, 0.6) is 0 Å². The molecule has 1 aromatic rings. The molecular formula is C16H19ClO4Si. The molecule has 0 aliphatic heterocycles. The molecule has 0 radical (unpaired) electrons. The molecule has 0 spiro atoms. The van der Waals surface area contributed by atoms with Gasteiger partial charge in [-0.1, -0.05) is 56.6 Å². The highest BCUT2D eigenvalue weighted by Gasteiger charge is 2.52. The number of halogens is 1. The minimum Gasteiger partial charge on any atom is -0.458 e. The van der Waals surface area contributed by atoms with E-state index >= 15 is 0 Å². The van der Waals surface area contributed by atoms with E-state index in [2.05, 4.69) is 13.2 Å². The van der Waals surface area contributed by atoms with E-state index in [9.17, 15) is 9.59 Å². The quantitative estimate of drug-likeness (QED) is 0.331. The van der Waals surface area contributed by atoms with E-state index in [1.807, 2.05) is 19.2 Å².